The van der Waals surface area contributed by atoms with Crippen LogP contribution in [0.3, 0.4) is 0 Å². The van der Waals surface area contributed by atoms with Crippen molar-refractivity contribution in [1.82, 2.24) is 10.4 Å². The number of aryl methyl sites for hydroxylation is 1. The quantitative estimate of drug-likeness (QED) is 0.396. The smallest absolute Gasteiger partial charge is 0.0945 e. The Labute approximate surface area is 99.9 Å². The van der Waals surface area contributed by atoms with Crippen molar-refractivity contribution < 1.29 is 9.47 Å². The van der Waals surface area contributed by atoms with E-state index in [1.165, 1.54) is 0 Å². The topological polar surface area (TPSA) is 69.4 Å². The van der Waals surface area contributed by atoms with Crippen molar-refractivity contribution in [2.75, 3.05) is 26.9 Å². The van der Waals surface area contributed by atoms with Crippen molar-refractivity contribution in [3.05, 3.63) is 16.1 Å². The van der Waals surface area contributed by atoms with Crippen LogP contribution in [0.1, 0.15) is 10.7 Å². The molecule has 1 atom stereocenters. The number of nitrogens with two attached hydrogens (primary N) is 1. The van der Waals surface area contributed by atoms with Gasteiger partial charge in [-0.3, -0.25) is 11.3 Å². The summed E-state index contributed by atoms with van der Waals surface area (Å²) in [6.45, 7) is 3.75. The fraction of sp³-hybridized carbons (Fsp3) is 0.700. The Morgan fingerprint density at radius 2 is 2.38 bits per heavy atom. The molecule has 16 heavy (non-hydrogen) atoms. The van der Waals surface area contributed by atoms with E-state index in [0.29, 0.717) is 19.8 Å². The van der Waals surface area contributed by atoms with Crippen LogP contribution in [-0.2, 0) is 15.9 Å². The van der Waals surface area contributed by atoms with Gasteiger partial charge in [0.25, 0.3) is 0 Å². The van der Waals surface area contributed by atoms with Crippen LogP contribution in [0.25, 0.3) is 0 Å². The molecule has 0 spiro atoms. The summed E-state index contributed by atoms with van der Waals surface area (Å²) < 4.78 is 10.3. The standard InChI is InChI=1S/C10H19N3O2S/c1-8-7-16-10(12-8)5-9(13-11)6-15-4-3-14-2/h7,9,13H,3-6,11H2,1-2H3. The van der Waals surface area contributed by atoms with Gasteiger partial charge in [-0.1, -0.05) is 0 Å². The summed E-state index contributed by atoms with van der Waals surface area (Å²) in [5, 5.41) is 3.12. The first-order valence-electron chi connectivity index (χ1n) is 5.20. The average Bonchev–Trinajstić information content (AvgIpc) is 2.68. The van der Waals surface area contributed by atoms with E-state index in [4.69, 9.17) is 15.3 Å². The number of nitrogens with zero attached hydrogens (tertiary/aromatic N) is 1. The highest BCUT2D eigenvalue weighted by atomic mass is 32.1. The molecule has 0 aromatic carbocycles. The summed E-state index contributed by atoms with van der Waals surface area (Å²) in [4.78, 5) is 4.39. The van der Waals surface area contributed by atoms with Crippen LogP contribution < -0.4 is 11.3 Å². The Balaban J connectivity index is 2.26. The van der Waals surface area contributed by atoms with Gasteiger partial charge in [0.15, 0.2) is 0 Å². The summed E-state index contributed by atoms with van der Waals surface area (Å²) in [6.07, 6.45) is 0.794. The zero-order valence-corrected chi connectivity index (χ0v) is 10.5. The molecule has 0 saturated heterocycles. The minimum atomic E-state index is 0.0995. The molecule has 6 heteroatoms. The lowest BCUT2D eigenvalue weighted by molar-refractivity contribution is 0.0587. The van der Waals surface area contributed by atoms with E-state index in [1.807, 2.05) is 12.3 Å². The van der Waals surface area contributed by atoms with Crippen LogP contribution in [0.4, 0.5) is 0 Å². The molecule has 1 heterocycles. The molecule has 1 aromatic heterocycles. The largest absolute Gasteiger partial charge is 0.382 e. The second kappa shape index (κ2) is 7.70. The maximum absolute atomic E-state index is 5.46. The van der Waals surface area contributed by atoms with Crippen LogP contribution in [-0.4, -0.2) is 38.0 Å². The Kier molecular flexibility index (Phi) is 6.51. The van der Waals surface area contributed by atoms with Crippen molar-refractivity contribution >= 4 is 11.3 Å². The maximum atomic E-state index is 5.46. The molecule has 1 aromatic rings. The number of aromatic nitrogens is 1. The van der Waals surface area contributed by atoms with Crippen LogP contribution in [0, 0.1) is 6.92 Å². The monoisotopic (exact) mass is 245 g/mol. The highest BCUT2D eigenvalue weighted by Crippen LogP contribution is 2.10. The predicted octanol–water partition coefficient (Wildman–Crippen LogP) is 0.489. The molecule has 92 valence electrons. The summed E-state index contributed by atoms with van der Waals surface area (Å²) in [5.74, 6) is 5.46. The summed E-state index contributed by atoms with van der Waals surface area (Å²) in [7, 11) is 1.65. The average molecular weight is 245 g/mol. The lowest BCUT2D eigenvalue weighted by Gasteiger charge is -2.14. The fourth-order valence-corrected chi connectivity index (χ4v) is 2.09. The van der Waals surface area contributed by atoms with Crippen LogP contribution in [0.5, 0.6) is 0 Å². The first kappa shape index (κ1) is 13.5. The zero-order chi connectivity index (χ0) is 11.8. The third kappa shape index (κ3) is 5.00. The van der Waals surface area contributed by atoms with Gasteiger partial charge in [-0.25, -0.2) is 4.98 Å². The highest BCUT2D eigenvalue weighted by Gasteiger charge is 2.10. The molecule has 0 radical (unpaired) electrons. The molecular weight excluding hydrogens is 226 g/mol. The summed E-state index contributed by atoms with van der Waals surface area (Å²) >= 11 is 1.65. The second-order valence-electron chi connectivity index (χ2n) is 3.52. The van der Waals surface area contributed by atoms with E-state index < -0.39 is 0 Å². The number of hydrazine groups is 1. The van der Waals surface area contributed by atoms with Crippen molar-refractivity contribution in [3.8, 4) is 0 Å². The van der Waals surface area contributed by atoms with Gasteiger partial charge in [-0.05, 0) is 6.92 Å². The van der Waals surface area contributed by atoms with Crippen molar-refractivity contribution in [3.63, 3.8) is 0 Å². The van der Waals surface area contributed by atoms with Gasteiger partial charge in [-0.15, -0.1) is 11.3 Å². The molecule has 5 nitrogen and oxygen atoms in total. The van der Waals surface area contributed by atoms with E-state index in [9.17, 15) is 0 Å². The molecule has 0 aliphatic heterocycles. The second-order valence-corrected chi connectivity index (χ2v) is 4.46. The molecule has 3 N–H and O–H groups in total. The van der Waals surface area contributed by atoms with Gasteiger partial charge in [-0.2, -0.15) is 0 Å². The molecule has 0 amide bonds. The summed E-state index contributed by atoms with van der Waals surface area (Å²) in [5.41, 5.74) is 3.79. The van der Waals surface area contributed by atoms with Crippen LogP contribution >= 0.6 is 11.3 Å². The lowest BCUT2D eigenvalue weighted by atomic mass is 10.2. The van der Waals surface area contributed by atoms with Crippen molar-refractivity contribution in [2.24, 2.45) is 5.84 Å². The number of ether oxygens (including phenoxy) is 2. The summed E-state index contributed by atoms with van der Waals surface area (Å²) in [6, 6.07) is 0.0995. The lowest BCUT2D eigenvalue weighted by Crippen LogP contribution is -2.40. The van der Waals surface area contributed by atoms with E-state index >= 15 is 0 Å². The maximum Gasteiger partial charge on any atom is 0.0945 e. The third-order valence-corrected chi connectivity index (χ3v) is 3.06. The number of nitrogens with one attached hydrogen (secondary N) is 1. The SMILES string of the molecule is COCCOCC(Cc1nc(C)cs1)NN. The first-order chi connectivity index (χ1) is 7.76. The number of methoxy groups -OCH3 is 1. The molecule has 1 rings (SSSR count). The minimum absolute atomic E-state index is 0.0995. The minimum Gasteiger partial charge on any atom is -0.382 e. The molecule has 1 unspecified atom stereocenters. The normalized spacial score (nSPS) is 12.9. The third-order valence-electron chi connectivity index (χ3n) is 2.07. The molecule has 0 bridgehead atoms. The highest BCUT2D eigenvalue weighted by molar-refractivity contribution is 7.09. The van der Waals surface area contributed by atoms with E-state index in [2.05, 4.69) is 10.4 Å². The Bertz CT molecular complexity index is 293. The number of rotatable bonds is 8. The molecule has 0 aliphatic carbocycles. The predicted molar refractivity (Wildman–Crippen MR) is 64.4 cm³/mol. The number of hydrogen-bond acceptors (Lipinski definition) is 6. The van der Waals surface area contributed by atoms with E-state index in [1.54, 1.807) is 18.4 Å². The van der Waals surface area contributed by atoms with Gasteiger partial charge >= 0.3 is 0 Å². The van der Waals surface area contributed by atoms with Crippen molar-refractivity contribution in [1.29, 1.82) is 0 Å². The number of hydrogen-bond donors (Lipinski definition) is 2. The van der Waals surface area contributed by atoms with Crippen molar-refractivity contribution in [2.45, 2.75) is 19.4 Å². The molecule has 0 saturated carbocycles. The van der Waals surface area contributed by atoms with Gasteiger partial charge < -0.3 is 9.47 Å². The van der Waals surface area contributed by atoms with Gasteiger partial charge in [0.1, 0.15) is 0 Å². The Morgan fingerprint density at radius 1 is 1.56 bits per heavy atom. The van der Waals surface area contributed by atoms with Gasteiger partial charge in [0, 0.05) is 24.6 Å². The first-order valence-corrected chi connectivity index (χ1v) is 6.08. The zero-order valence-electron chi connectivity index (χ0n) is 9.73. The van der Waals surface area contributed by atoms with Gasteiger partial charge in [0.2, 0.25) is 0 Å². The van der Waals surface area contributed by atoms with Crippen LogP contribution in [0.2, 0.25) is 0 Å². The molecule has 0 aliphatic rings. The number of thiazole rings is 1. The van der Waals surface area contributed by atoms with Gasteiger partial charge in [0.05, 0.1) is 30.9 Å². The molecule has 0 fully saturated rings. The van der Waals surface area contributed by atoms with E-state index in [-0.39, 0.29) is 6.04 Å². The molecular formula is C10H19N3O2S. The van der Waals surface area contributed by atoms with Crippen LogP contribution in [0.15, 0.2) is 5.38 Å². The van der Waals surface area contributed by atoms with E-state index in [0.717, 1.165) is 17.1 Å². The Morgan fingerprint density at radius 3 is 2.94 bits per heavy atom. The fourth-order valence-electron chi connectivity index (χ4n) is 1.24. The Hall–Kier alpha value is -0.530.